The molecule has 4 nitrogen and oxygen atoms in total. The lowest BCUT2D eigenvalue weighted by atomic mass is 10.1. The average molecular weight is 244 g/mol. The third-order valence-corrected chi connectivity index (χ3v) is 2.48. The number of carbonyl (C=O) groups is 1. The largest absolute Gasteiger partial charge is 0.380 e. The third kappa shape index (κ3) is 10.3. The van der Waals surface area contributed by atoms with Crippen molar-refractivity contribution in [3.8, 4) is 0 Å². The molecule has 0 aromatic heterocycles. The Morgan fingerprint density at radius 1 is 1.18 bits per heavy atom. The molecule has 0 spiro atoms. The molecule has 0 aromatic rings. The molecule has 17 heavy (non-hydrogen) atoms. The summed E-state index contributed by atoms with van der Waals surface area (Å²) in [6.45, 7) is 11.2. The van der Waals surface area contributed by atoms with E-state index in [4.69, 9.17) is 4.74 Å². The molecule has 1 unspecified atom stereocenters. The lowest BCUT2D eigenvalue weighted by molar-refractivity contribution is -0.122. The Morgan fingerprint density at radius 3 is 2.47 bits per heavy atom. The monoisotopic (exact) mass is 244 g/mol. The SMILES string of the molecule is CCCNC(=O)C(C)NCCOCCC(C)C. The first-order valence-corrected chi connectivity index (χ1v) is 6.66. The van der Waals surface area contributed by atoms with Crippen LogP contribution in [0.15, 0.2) is 0 Å². The van der Waals surface area contributed by atoms with Crippen LogP contribution in [0, 0.1) is 5.92 Å². The van der Waals surface area contributed by atoms with Crippen molar-refractivity contribution in [1.29, 1.82) is 0 Å². The molecule has 102 valence electrons. The van der Waals surface area contributed by atoms with E-state index >= 15 is 0 Å². The van der Waals surface area contributed by atoms with Crippen LogP contribution >= 0.6 is 0 Å². The van der Waals surface area contributed by atoms with Gasteiger partial charge in [0, 0.05) is 19.7 Å². The van der Waals surface area contributed by atoms with E-state index in [1.165, 1.54) is 0 Å². The number of carbonyl (C=O) groups excluding carboxylic acids is 1. The van der Waals surface area contributed by atoms with Gasteiger partial charge in [-0.25, -0.2) is 0 Å². The molecule has 0 aliphatic rings. The minimum atomic E-state index is -0.143. The second-order valence-electron chi connectivity index (χ2n) is 4.76. The van der Waals surface area contributed by atoms with E-state index in [2.05, 4.69) is 24.5 Å². The average Bonchev–Trinajstić information content (AvgIpc) is 2.29. The summed E-state index contributed by atoms with van der Waals surface area (Å²) in [5.74, 6) is 0.746. The molecular formula is C13H28N2O2. The second kappa shape index (κ2) is 10.5. The summed E-state index contributed by atoms with van der Waals surface area (Å²) in [7, 11) is 0. The maximum Gasteiger partial charge on any atom is 0.236 e. The van der Waals surface area contributed by atoms with Gasteiger partial charge in [-0.05, 0) is 25.7 Å². The van der Waals surface area contributed by atoms with Crippen LogP contribution in [0.5, 0.6) is 0 Å². The zero-order chi connectivity index (χ0) is 13.1. The molecule has 0 bridgehead atoms. The predicted molar refractivity (Wildman–Crippen MR) is 71.0 cm³/mol. The molecule has 1 atom stereocenters. The van der Waals surface area contributed by atoms with E-state index in [1.807, 2.05) is 13.8 Å². The van der Waals surface area contributed by atoms with Gasteiger partial charge >= 0.3 is 0 Å². The molecular weight excluding hydrogens is 216 g/mol. The van der Waals surface area contributed by atoms with Gasteiger partial charge in [-0.15, -0.1) is 0 Å². The summed E-state index contributed by atoms with van der Waals surface area (Å²) < 4.78 is 5.46. The number of ether oxygens (including phenoxy) is 1. The first-order chi connectivity index (χ1) is 8.07. The molecule has 0 heterocycles. The van der Waals surface area contributed by atoms with Crippen molar-refractivity contribution in [2.24, 2.45) is 5.92 Å². The third-order valence-electron chi connectivity index (χ3n) is 2.48. The maximum absolute atomic E-state index is 11.5. The van der Waals surface area contributed by atoms with Crippen molar-refractivity contribution < 1.29 is 9.53 Å². The van der Waals surface area contributed by atoms with Crippen molar-refractivity contribution >= 4 is 5.91 Å². The molecule has 2 N–H and O–H groups in total. The molecule has 0 aromatic carbocycles. The first kappa shape index (κ1) is 16.4. The van der Waals surface area contributed by atoms with Crippen molar-refractivity contribution in [3.05, 3.63) is 0 Å². The molecule has 0 aliphatic carbocycles. The number of nitrogens with one attached hydrogen (secondary N) is 2. The quantitative estimate of drug-likeness (QED) is 0.573. The molecule has 0 radical (unpaired) electrons. The van der Waals surface area contributed by atoms with Crippen LogP contribution in [0.4, 0.5) is 0 Å². The fourth-order valence-corrected chi connectivity index (χ4v) is 1.26. The van der Waals surface area contributed by atoms with Crippen LogP contribution in [-0.4, -0.2) is 38.3 Å². The predicted octanol–water partition coefficient (Wildman–Crippen LogP) is 1.55. The van der Waals surface area contributed by atoms with Crippen LogP contribution in [0.1, 0.15) is 40.5 Å². The summed E-state index contributed by atoms with van der Waals surface area (Å²) in [4.78, 5) is 11.5. The van der Waals surface area contributed by atoms with Gasteiger partial charge in [0.05, 0.1) is 12.6 Å². The van der Waals surface area contributed by atoms with Crippen LogP contribution in [0.25, 0.3) is 0 Å². The Bertz CT molecular complexity index is 196. The molecule has 4 heteroatoms. The summed E-state index contributed by atoms with van der Waals surface area (Å²) >= 11 is 0. The Hall–Kier alpha value is -0.610. The smallest absolute Gasteiger partial charge is 0.236 e. The fourth-order valence-electron chi connectivity index (χ4n) is 1.26. The van der Waals surface area contributed by atoms with Crippen molar-refractivity contribution in [2.45, 2.75) is 46.6 Å². The highest BCUT2D eigenvalue weighted by Crippen LogP contribution is 1.98. The minimum absolute atomic E-state index is 0.0639. The van der Waals surface area contributed by atoms with Crippen molar-refractivity contribution in [3.63, 3.8) is 0 Å². The number of hydrogen-bond acceptors (Lipinski definition) is 3. The van der Waals surface area contributed by atoms with E-state index < -0.39 is 0 Å². The van der Waals surface area contributed by atoms with E-state index in [0.717, 1.165) is 32.5 Å². The topological polar surface area (TPSA) is 50.4 Å². The number of rotatable bonds is 10. The van der Waals surface area contributed by atoms with E-state index in [0.29, 0.717) is 12.5 Å². The summed E-state index contributed by atoms with van der Waals surface area (Å²) in [5, 5.41) is 6.00. The molecule has 0 saturated carbocycles. The van der Waals surface area contributed by atoms with Gasteiger partial charge in [0.15, 0.2) is 0 Å². The normalized spacial score (nSPS) is 12.8. The van der Waals surface area contributed by atoms with Gasteiger partial charge in [-0.2, -0.15) is 0 Å². The number of amides is 1. The zero-order valence-electron chi connectivity index (χ0n) is 11.7. The van der Waals surface area contributed by atoms with E-state index in [-0.39, 0.29) is 11.9 Å². The summed E-state index contributed by atoms with van der Waals surface area (Å²) in [6, 6.07) is -0.143. The van der Waals surface area contributed by atoms with Crippen LogP contribution < -0.4 is 10.6 Å². The summed E-state index contributed by atoms with van der Waals surface area (Å²) in [6.07, 6.45) is 2.06. The highest BCUT2D eigenvalue weighted by molar-refractivity contribution is 5.81. The van der Waals surface area contributed by atoms with Gasteiger partial charge in [0.1, 0.15) is 0 Å². The minimum Gasteiger partial charge on any atom is -0.380 e. The van der Waals surface area contributed by atoms with Gasteiger partial charge in [0.25, 0.3) is 0 Å². The first-order valence-electron chi connectivity index (χ1n) is 6.66. The van der Waals surface area contributed by atoms with Crippen LogP contribution in [0.2, 0.25) is 0 Å². The summed E-state index contributed by atoms with van der Waals surface area (Å²) in [5.41, 5.74) is 0. The van der Waals surface area contributed by atoms with Crippen LogP contribution in [0.3, 0.4) is 0 Å². The molecule has 0 aliphatic heterocycles. The van der Waals surface area contributed by atoms with E-state index in [9.17, 15) is 4.79 Å². The van der Waals surface area contributed by atoms with Gasteiger partial charge < -0.3 is 15.4 Å². The van der Waals surface area contributed by atoms with Crippen LogP contribution in [-0.2, 0) is 9.53 Å². The molecule has 0 saturated heterocycles. The van der Waals surface area contributed by atoms with Crippen molar-refractivity contribution in [2.75, 3.05) is 26.3 Å². The van der Waals surface area contributed by atoms with Gasteiger partial charge in [0.2, 0.25) is 5.91 Å². The molecule has 0 fully saturated rings. The lowest BCUT2D eigenvalue weighted by Gasteiger charge is -2.14. The fraction of sp³-hybridized carbons (Fsp3) is 0.923. The highest BCUT2D eigenvalue weighted by Gasteiger charge is 2.10. The van der Waals surface area contributed by atoms with Gasteiger partial charge in [-0.1, -0.05) is 20.8 Å². The van der Waals surface area contributed by atoms with Crippen molar-refractivity contribution in [1.82, 2.24) is 10.6 Å². The second-order valence-corrected chi connectivity index (χ2v) is 4.76. The highest BCUT2D eigenvalue weighted by atomic mass is 16.5. The lowest BCUT2D eigenvalue weighted by Crippen LogP contribution is -2.43. The Balaban J connectivity index is 3.38. The maximum atomic E-state index is 11.5. The molecule has 0 rings (SSSR count). The Kier molecular flexibility index (Phi) is 10.2. The van der Waals surface area contributed by atoms with Gasteiger partial charge in [-0.3, -0.25) is 4.79 Å². The Morgan fingerprint density at radius 2 is 1.88 bits per heavy atom. The standard InChI is InChI=1S/C13H28N2O2/c1-5-7-15-13(16)12(4)14-8-10-17-9-6-11(2)3/h11-12,14H,5-10H2,1-4H3,(H,15,16). The number of hydrogen-bond donors (Lipinski definition) is 2. The van der Waals surface area contributed by atoms with E-state index in [1.54, 1.807) is 0 Å². The molecule has 1 amide bonds. The Labute approximate surface area is 105 Å². The zero-order valence-corrected chi connectivity index (χ0v) is 11.7.